The summed E-state index contributed by atoms with van der Waals surface area (Å²) in [5.41, 5.74) is 9.47. The summed E-state index contributed by atoms with van der Waals surface area (Å²) in [5, 5.41) is 4.28. The van der Waals surface area contributed by atoms with E-state index in [0.717, 1.165) is 17.0 Å². The summed E-state index contributed by atoms with van der Waals surface area (Å²) in [4.78, 5) is 13.7. The second-order valence-electron chi connectivity index (χ2n) is 4.07. The molecule has 0 bridgehead atoms. The number of hydrogen-bond donors (Lipinski definition) is 2. The Morgan fingerprint density at radius 2 is 2.28 bits per heavy atom. The Hall–Kier alpha value is -2.34. The van der Waals surface area contributed by atoms with Crippen molar-refractivity contribution in [1.82, 2.24) is 14.8 Å². The molecule has 0 aliphatic rings. The van der Waals surface area contributed by atoms with Gasteiger partial charge >= 0.3 is 5.76 Å². The van der Waals surface area contributed by atoms with Crippen LogP contribution in [0.4, 0.5) is 0 Å². The van der Waals surface area contributed by atoms with E-state index in [1.54, 1.807) is 4.68 Å². The SMILES string of the molecule is Cn1nc(CN)cc1-c1ccc2[nH]c(=O)oc2c1. The van der Waals surface area contributed by atoms with Crippen LogP contribution in [0.15, 0.2) is 33.5 Å². The van der Waals surface area contributed by atoms with Crippen LogP contribution in [0.3, 0.4) is 0 Å². The zero-order valence-electron chi connectivity index (χ0n) is 9.80. The molecule has 6 nitrogen and oxygen atoms in total. The fourth-order valence-electron chi connectivity index (χ4n) is 2.00. The molecule has 0 aliphatic carbocycles. The van der Waals surface area contributed by atoms with Crippen molar-refractivity contribution in [3.63, 3.8) is 0 Å². The summed E-state index contributed by atoms with van der Waals surface area (Å²) in [7, 11) is 1.85. The summed E-state index contributed by atoms with van der Waals surface area (Å²) in [6.45, 7) is 0.398. The third-order valence-corrected chi connectivity index (χ3v) is 2.86. The first-order valence-corrected chi connectivity index (χ1v) is 5.53. The van der Waals surface area contributed by atoms with Gasteiger partial charge in [0.25, 0.3) is 0 Å². The Morgan fingerprint density at radius 1 is 1.44 bits per heavy atom. The maximum Gasteiger partial charge on any atom is 0.417 e. The molecule has 0 spiro atoms. The molecule has 0 fully saturated rings. The van der Waals surface area contributed by atoms with Gasteiger partial charge in [0, 0.05) is 19.2 Å². The van der Waals surface area contributed by atoms with Crippen molar-refractivity contribution in [2.45, 2.75) is 6.54 Å². The molecule has 18 heavy (non-hydrogen) atoms. The third-order valence-electron chi connectivity index (χ3n) is 2.86. The highest BCUT2D eigenvalue weighted by atomic mass is 16.4. The number of aromatic nitrogens is 3. The van der Waals surface area contributed by atoms with Crippen molar-refractivity contribution in [1.29, 1.82) is 0 Å². The number of nitrogens with zero attached hydrogens (tertiary/aromatic N) is 2. The minimum atomic E-state index is -0.449. The Balaban J connectivity index is 2.18. The maximum absolute atomic E-state index is 11.1. The fraction of sp³-hybridized carbons (Fsp3) is 0.167. The second-order valence-corrected chi connectivity index (χ2v) is 4.07. The van der Waals surface area contributed by atoms with Crippen LogP contribution in [0.2, 0.25) is 0 Å². The van der Waals surface area contributed by atoms with E-state index >= 15 is 0 Å². The zero-order chi connectivity index (χ0) is 12.7. The molecule has 0 unspecified atom stereocenters. The van der Waals surface area contributed by atoms with Crippen LogP contribution >= 0.6 is 0 Å². The number of benzene rings is 1. The van der Waals surface area contributed by atoms with E-state index in [2.05, 4.69) is 10.1 Å². The lowest BCUT2D eigenvalue weighted by atomic mass is 10.1. The van der Waals surface area contributed by atoms with Gasteiger partial charge < -0.3 is 10.2 Å². The second kappa shape index (κ2) is 3.85. The summed E-state index contributed by atoms with van der Waals surface area (Å²) in [6.07, 6.45) is 0. The molecule has 0 saturated carbocycles. The number of nitrogens with two attached hydrogens (primary N) is 1. The number of rotatable bonds is 2. The molecule has 0 atom stereocenters. The van der Waals surface area contributed by atoms with E-state index in [4.69, 9.17) is 10.2 Å². The first kappa shape index (κ1) is 10.8. The minimum Gasteiger partial charge on any atom is -0.408 e. The van der Waals surface area contributed by atoms with E-state index in [-0.39, 0.29) is 0 Å². The number of aromatic amines is 1. The Bertz CT molecular complexity index is 766. The van der Waals surface area contributed by atoms with Crippen LogP contribution in [0.25, 0.3) is 22.4 Å². The molecule has 6 heteroatoms. The molecular weight excluding hydrogens is 232 g/mol. The molecule has 92 valence electrons. The largest absolute Gasteiger partial charge is 0.417 e. The van der Waals surface area contributed by atoms with Gasteiger partial charge in [0.1, 0.15) is 0 Å². The van der Waals surface area contributed by atoms with Crippen LogP contribution in [0.1, 0.15) is 5.69 Å². The Labute approximate surface area is 102 Å². The van der Waals surface area contributed by atoms with Crippen molar-refractivity contribution in [2.24, 2.45) is 12.8 Å². The smallest absolute Gasteiger partial charge is 0.408 e. The standard InChI is InChI=1S/C12H12N4O2/c1-16-10(5-8(6-13)15-16)7-2-3-9-11(4-7)18-12(17)14-9/h2-5H,6,13H2,1H3,(H,14,17). The maximum atomic E-state index is 11.1. The highest BCUT2D eigenvalue weighted by Gasteiger charge is 2.09. The van der Waals surface area contributed by atoms with E-state index in [9.17, 15) is 4.79 Å². The Kier molecular flexibility index (Phi) is 2.31. The van der Waals surface area contributed by atoms with Gasteiger partial charge in [-0.1, -0.05) is 6.07 Å². The van der Waals surface area contributed by atoms with Crippen LogP contribution in [-0.4, -0.2) is 14.8 Å². The van der Waals surface area contributed by atoms with Gasteiger partial charge in [-0.2, -0.15) is 5.10 Å². The molecule has 3 N–H and O–H groups in total. The molecule has 1 aromatic carbocycles. The molecular formula is C12H12N4O2. The van der Waals surface area contributed by atoms with Gasteiger partial charge in [0.05, 0.1) is 16.9 Å². The molecule has 3 rings (SSSR count). The van der Waals surface area contributed by atoms with Gasteiger partial charge in [-0.3, -0.25) is 9.67 Å². The summed E-state index contributed by atoms with van der Waals surface area (Å²) in [5.74, 6) is -0.449. The van der Waals surface area contributed by atoms with Gasteiger partial charge in [-0.15, -0.1) is 0 Å². The molecule has 0 saturated heterocycles. The van der Waals surface area contributed by atoms with Crippen LogP contribution in [0, 0.1) is 0 Å². The molecule has 0 aliphatic heterocycles. The lowest BCUT2D eigenvalue weighted by Crippen LogP contribution is -1.98. The van der Waals surface area contributed by atoms with Crippen LogP contribution in [0.5, 0.6) is 0 Å². The van der Waals surface area contributed by atoms with Crippen molar-refractivity contribution in [3.05, 3.63) is 40.5 Å². The summed E-state index contributed by atoms with van der Waals surface area (Å²) >= 11 is 0. The van der Waals surface area contributed by atoms with E-state index in [0.29, 0.717) is 17.6 Å². The lowest BCUT2D eigenvalue weighted by Gasteiger charge is -2.00. The highest BCUT2D eigenvalue weighted by molar-refractivity contribution is 5.79. The van der Waals surface area contributed by atoms with Crippen molar-refractivity contribution >= 4 is 11.1 Å². The van der Waals surface area contributed by atoms with E-state index in [1.807, 2.05) is 31.3 Å². The zero-order valence-corrected chi connectivity index (χ0v) is 9.80. The van der Waals surface area contributed by atoms with Crippen LogP contribution in [-0.2, 0) is 13.6 Å². The van der Waals surface area contributed by atoms with Crippen LogP contribution < -0.4 is 11.5 Å². The average Bonchev–Trinajstić information content (AvgIpc) is 2.89. The number of oxazole rings is 1. The number of nitrogens with one attached hydrogen (secondary N) is 1. The molecule has 2 aromatic heterocycles. The van der Waals surface area contributed by atoms with Crippen molar-refractivity contribution in [3.8, 4) is 11.3 Å². The normalized spacial score (nSPS) is 11.2. The quantitative estimate of drug-likeness (QED) is 0.703. The van der Waals surface area contributed by atoms with Crippen molar-refractivity contribution in [2.75, 3.05) is 0 Å². The van der Waals surface area contributed by atoms with Gasteiger partial charge in [0.15, 0.2) is 5.58 Å². The average molecular weight is 244 g/mol. The van der Waals surface area contributed by atoms with Gasteiger partial charge in [-0.05, 0) is 18.2 Å². The summed E-state index contributed by atoms with van der Waals surface area (Å²) < 4.78 is 6.80. The van der Waals surface area contributed by atoms with E-state index in [1.165, 1.54) is 0 Å². The molecule has 0 amide bonds. The summed E-state index contributed by atoms with van der Waals surface area (Å²) in [6, 6.07) is 7.45. The van der Waals surface area contributed by atoms with Gasteiger partial charge in [0.2, 0.25) is 0 Å². The predicted octanol–water partition coefficient (Wildman–Crippen LogP) is 0.980. The topological polar surface area (TPSA) is 89.8 Å². The van der Waals surface area contributed by atoms with E-state index < -0.39 is 5.76 Å². The molecule has 2 heterocycles. The lowest BCUT2D eigenvalue weighted by molar-refractivity contribution is 0.555. The van der Waals surface area contributed by atoms with Gasteiger partial charge in [-0.25, -0.2) is 4.79 Å². The third kappa shape index (κ3) is 1.63. The Morgan fingerprint density at radius 3 is 3.00 bits per heavy atom. The van der Waals surface area contributed by atoms with Crippen molar-refractivity contribution < 1.29 is 4.42 Å². The minimum absolute atomic E-state index is 0.398. The number of aryl methyl sites for hydroxylation is 1. The highest BCUT2D eigenvalue weighted by Crippen LogP contribution is 2.23. The molecule has 3 aromatic rings. The number of fused-ring (bicyclic) bond motifs is 1. The number of hydrogen-bond acceptors (Lipinski definition) is 4. The predicted molar refractivity (Wildman–Crippen MR) is 66.9 cm³/mol. The monoisotopic (exact) mass is 244 g/mol. The first-order chi connectivity index (χ1) is 8.67. The first-order valence-electron chi connectivity index (χ1n) is 5.53. The number of H-pyrrole nitrogens is 1. The molecule has 0 radical (unpaired) electrons. The fourth-order valence-corrected chi connectivity index (χ4v) is 2.00.